The predicted molar refractivity (Wildman–Crippen MR) is 151 cm³/mol. The Morgan fingerprint density at radius 1 is 0.872 bits per heavy atom. The van der Waals surface area contributed by atoms with Gasteiger partial charge in [-0.3, -0.25) is 14.4 Å². The first kappa shape index (κ1) is 25.9. The third-order valence-electron chi connectivity index (χ3n) is 5.97. The van der Waals surface area contributed by atoms with E-state index in [2.05, 4.69) is 15.5 Å². The van der Waals surface area contributed by atoms with Crippen molar-refractivity contribution in [3.8, 4) is 5.75 Å². The van der Waals surface area contributed by atoms with Crippen molar-refractivity contribution in [1.82, 2.24) is 0 Å². The molecule has 0 aliphatic carbocycles. The quantitative estimate of drug-likeness (QED) is 0.197. The number of carbonyl (C=O) groups excluding carboxylic acids is 3. The Labute approximate surface area is 229 Å². The van der Waals surface area contributed by atoms with Crippen molar-refractivity contribution >= 4 is 52.2 Å². The van der Waals surface area contributed by atoms with Gasteiger partial charge in [-0.05, 0) is 78.9 Å². The summed E-state index contributed by atoms with van der Waals surface area (Å²) in [4.78, 5) is 40.4. The molecule has 1 fully saturated rings. The van der Waals surface area contributed by atoms with Gasteiger partial charge >= 0.3 is 0 Å². The lowest BCUT2D eigenvalue weighted by Gasteiger charge is -2.15. The number of hydrogen-bond donors (Lipinski definition) is 1. The van der Waals surface area contributed by atoms with E-state index >= 15 is 0 Å². The fourth-order valence-electron chi connectivity index (χ4n) is 3.99. The van der Waals surface area contributed by atoms with Crippen molar-refractivity contribution in [2.75, 3.05) is 17.3 Å². The van der Waals surface area contributed by atoms with E-state index in [4.69, 9.17) is 4.74 Å². The molecular formula is C30H24N4O4S. The molecule has 194 valence electrons. The molecule has 1 heterocycles. The molecule has 1 atom stereocenters. The van der Waals surface area contributed by atoms with E-state index in [0.717, 1.165) is 10.6 Å². The molecule has 39 heavy (non-hydrogen) atoms. The number of methoxy groups -OCH3 is 1. The molecule has 0 saturated carbocycles. The summed E-state index contributed by atoms with van der Waals surface area (Å²) < 4.78 is 5.17. The molecule has 0 aromatic heterocycles. The van der Waals surface area contributed by atoms with Crippen molar-refractivity contribution in [2.24, 2.45) is 10.2 Å². The molecule has 1 aliphatic rings. The zero-order valence-electron chi connectivity index (χ0n) is 21.0. The molecular weight excluding hydrogens is 512 g/mol. The molecule has 1 unspecified atom stereocenters. The number of imide groups is 1. The Bertz CT molecular complexity index is 1520. The second-order valence-electron chi connectivity index (χ2n) is 8.64. The van der Waals surface area contributed by atoms with Gasteiger partial charge in [0.05, 0.1) is 29.4 Å². The Kier molecular flexibility index (Phi) is 7.79. The fraction of sp³-hybridized carbons (Fsp3) is 0.100. The van der Waals surface area contributed by atoms with E-state index in [1.165, 1.54) is 16.7 Å². The minimum absolute atomic E-state index is 0.104. The van der Waals surface area contributed by atoms with Gasteiger partial charge < -0.3 is 10.1 Å². The SMILES string of the molecule is COc1cccc(C(=O)Nc2ccc(SC3CC(=O)N(c4ccc(N=Nc5ccccc5)cc4)C3=O)cc2)c1. The number of rotatable bonds is 8. The first-order chi connectivity index (χ1) is 19.0. The molecule has 4 aromatic carbocycles. The molecule has 8 nitrogen and oxygen atoms in total. The van der Waals surface area contributed by atoms with Crippen LogP contribution in [0.2, 0.25) is 0 Å². The molecule has 4 aromatic rings. The van der Waals surface area contributed by atoms with Gasteiger partial charge in [0.15, 0.2) is 0 Å². The van der Waals surface area contributed by atoms with E-state index in [9.17, 15) is 14.4 Å². The van der Waals surface area contributed by atoms with E-state index in [1.807, 2.05) is 42.5 Å². The largest absolute Gasteiger partial charge is 0.497 e. The number of azo groups is 1. The lowest BCUT2D eigenvalue weighted by Crippen LogP contribution is -2.30. The normalized spacial score (nSPS) is 15.1. The van der Waals surface area contributed by atoms with E-state index in [1.54, 1.807) is 67.8 Å². The van der Waals surface area contributed by atoms with Gasteiger partial charge in [-0.15, -0.1) is 11.8 Å². The third-order valence-corrected chi connectivity index (χ3v) is 7.17. The van der Waals surface area contributed by atoms with Crippen LogP contribution in [0.4, 0.5) is 22.7 Å². The lowest BCUT2D eigenvalue weighted by molar-refractivity contribution is -0.121. The van der Waals surface area contributed by atoms with Crippen molar-refractivity contribution in [1.29, 1.82) is 0 Å². The van der Waals surface area contributed by atoms with Gasteiger partial charge in [-0.1, -0.05) is 24.3 Å². The summed E-state index contributed by atoms with van der Waals surface area (Å²) in [6.45, 7) is 0. The molecule has 0 spiro atoms. The molecule has 9 heteroatoms. The molecule has 3 amide bonds. The number of amides is 3. The van der Waals surface area contributed by atoms with Crippen LogP contribution in [-0.4, -0.2) is 30.1 Å². The maximum absolute atomic E-state index is 13.1. The van der Waals surface area contributed by atoms with E-state index in [0.29, 0.717) is 28.4 Å². The smallest absolute Gasteiger partial charge is 0.255 e. The van der Waals surface area contributed by atoms with Gasteiger partial charge in [0.1, 0.15) is 5.75 Å². The Morgan fingerprint density at radius 3 is 2.26 bits per heavy atom. The first-order valence-corrected chi connectivity index (χ1v) is 13.0. The van der Waals surface area contributed by atoms with Crippen molar-refractivity contribution in [3.63, 3.8) is 0 Å². The number of thioether (sulfide) groups is 1. The molecule has 5 rings (SSSR count). The standard InChI is InChI=1S/C30H24N4O4S/c1-38-25-9-5-6-20(18-25)29(36)31-21-12-16-26(17-13-21)39-27-19-28(35)34(30(27)37)24-14-10-23(11-15-24)33-32-22-7-3-2-4-8-22/h2-18,27H,19H2,1H3,(H,31,36). The summed E-state index contributed by atoms with van der Waals surface area (Å²) in [6, 6.07) is 30.3. The predicted octanol–water partition coefficient (Wildman–Crippen LogP) is 6.79. The number of nitrogens with zero attached hydrogens (tertiary/aromatic N) is 3. The van der Waals surface area contributed by atoms with Crippen LogP contribution in [0.5, 0.6) is 5.75 Å². The fourth-order valence-corrected chi connectivity index (χ4v) is 5.05. The van der Waals surface area contributed by atoms with Crippen LogP contribution in [0.3, 0.4) is 0 Å². The summed E-state index contributed by atoms with van der Waals surface area (Å²) in [5.41, 5.74) is 2.95. The van der Waals surface area contributed by atoms with Crippen LogP contribution in [-0.2, 0) is 9.59 Å². The van der Waals surface area contributed by atoms with Crippen LogP contribution in [0, 0.1) is 0 Å². The summed E-state index contributed by atoms with van der Waals surface area (Å²) in [7, 11) is 1.55. The summed E-state index contributed by atoms with van der Waals surface area (Å²) >= 11 is 1.32. The highest BCUT2D eigenvalue weighted by atomic mass is 32.2. The van der Waals surface area contributed by atoms with Crippen LogP contribution in [0.15, 0.2) is 118 Å². The average molecular weight is 537 g/mol. The van der Waals surface area contributed by atoms with Crippen molar-refractivity contribution in [3.05, 3.63) is 109 Å². The Balaban J connectivity index is 1.20. The highest BCUT2D eigenvalue weighted by molar-refractivity contribution is 8.00. The molecule has 1 saturated heterocycles. The van der Waals surface area contributed by atoms with Gasteiger partial charge in [-0.25, -0.2) is 4.90 Å². The highest BCUT2D eigenvalue weighted by Crippen LogP contribution is 2.35. The zero-order valence-corrected chi connectivity index (χ0v) is 21.8. The van der Waals surface area contributed by atoms with Crippen LogP contribution in [0.25, 0.3) is 0 Å². The number of anilines is 2. The third kappa shape index (κ3) is 6.22. The van der Waals surface area contributed by atoms with Crippen molar-refractivity contribution < 1.29 is 19.1 Å². The number of carbonyl (C=O) groups is 3. The van der Waals surface area contributed by atoms with Crippen molar-refractivity contribution in [2.45, 2.75) is 16.6 Å². The lowest BCUT2D eigenvalue weighted by atomic mass is 10.2. The molecule has 1 aliphatic heterocycles. The van der Waals surface area contributed by atoms with Gasteiger partial charge in [0.2, 0.25) is 11.8 Å². The number of hydrogen-bond acceptors (Lipinski definition) is 7. The summed E-state index contributed by atoms with van der Waals surface area (Å²) in [5.74, 6) is -0.171. The summed E-state index contributed by atoms with van der Waals surface area (Å²) in [5, 5.41) is 10.7. The number of benzene rings is 4. The summed E-state index contributed by atoms with van der Waals surface area (Å²) in [6.07, 6.45) is 0.104. The Hall–Kier alpha value is -4.76. The topological polar surface area (TPSA) is 100 Å². The van der Waals surface area contributed by atoms with Crippen LogP contribution >= 0.6 is 11.8 Å². The maximum atomic E-state index is 13.1. The van der Waals surface area contributed by atoms with Crippen LogP contribution < -0.4 is 15.0 Å². The first-order valence-electron chi connectivity index (χ1n) is 12.2. The Morgan fingerprint density at radius 2 is 1.56 bits per heavy atom. The average Bonchev–Trinajstić information content (AvgIpc) is 3.25. The monoisotopic (exact) mass is 536 g/mol. The molecule has 1 N–H and O–H groups in total. The van der Waals surface area contributed by atoms with E-state index < -0.39 is 5.25 Å². The van der Waals surface area contributed by atoms with Gasteiger partial charge in [0, 0.05) is 22.6 Å². The second-order valence-corrected chi connectivity index (χ2v) is 9.92. The highest BCUT2D eigenvalue weighted by Gasteiger charge is 2.40. The molecule has 0 radical (unpaired) electrons. The van der Waals surface area contributed by atoms with E-state index in [-0.39, 0.29) is 24.1 Å². The second kappa shape index (κ2) is 11.7. The van der Waals surface area contributed by atoms with Crippen LogP contribution in [0.1, 0.15) is 16.8 Å². The number of nitrogens with one attached hydrogen (secondary N) is 1. The maximum Gasteiger partial charge on any atom is 0.255 e. The minimum atomic E-state index is -0.535. The van der Waals surface area contributed by atoms with Gasteiger partial charge in [-0.2, -0.15) is 10.2 Å². The zero-order chi connectivity index (χ0) is 27.2. The van der Waals surface area contributed by atoms with Gasteiger partial charge in [0.25, 0.3) is 5.91 Å². The molecule has 0 bridgehead atoms. The number of ether oxygens (including phenoxy) is 1. The minimum Gasteiger partial charge on any atom is -0.497 e.